The molecule has 2 amide bonds. The average molecular weight is 436 g/mol. The van der Waals surface area contributed by atoms with Gasteiger partial charge in [0.15, 0.2) is 0 Å². The first-order valence-corrected chi connectivity index (χ1v) is 10.9. The molecule has 0 unspecified atom stereocenters. The van der Waals surface area contributed by atoms with E-state index in [1.54, 1.807) is 13.2 Å². The largest absolute Gasteiger partial charge is 0.496 e. The number of carbonyl (C=O) groups is 2. The maximum atomic E-state index is 13.5. The molecule has 1 saturated heterocycles. The quantitative estimate of drug-likeness (QED) is 0.675. The lowest BCUT2D eigenvalue weighted by Crippen LogP contribution is -2.43. The van der Waals surface area contributed by atoms with Crippen molar-refractivity contribution in [3.63, 3.8) is 0 Å². The lowest BCUT2D eigenvalue weighted by molar-refractivity contribution is -0.137. The third-order valence-corrected chi connectivity index (χ3v) is 6.15. The average Bonchev–Trinajstić information content (AvgIpc) is 3.04. The van der Waals surface area contributed by atoms with Crippen LogP contribution in [0.1, 0.15) is 16.7 Å². The van der Waals surface area contributed by atoms with E-state index in [4.69, 9.17) is 9.47 Å². The summed E-state index contributed by atoms with van der Waals surface area (Å²) in [5, 5.41) is 3.28. The van der Waals surface area contributed by atoms with Gasteiger partial charge in [-0.3, -0.25) is 19.4 Å². The van der Waals surface area contributed by atoms with Crippen LogP contribution >= 0.6 is 0 Å². The van der Waals surface area contributed by atoms with Crippen LogP contribution in [0, 0.1) is 13.8 Å². The molecule has 0 saturated carbocycles. The van der Waals surface area contributed by atoms with E-state index in [9.17, 15) is 9.59 Å². The predicted octanol–water partition coefficient (Wildman–Crippen LogP) is 2.84. The minimum atomic E-state index is -0.315. The van der Waals surface area contributed by atoms with Gasteiger partial charge in [0.2, 0.25) is 0 Å². The monoisotopic (exact) mass is 435 g/mol. The van der Waals surface area contributed by atoms with E-state index in [0.29, 0.717) is 43.2 Å². The van der Waals surface area contributed by atoms with E-state index >= 15 is 0 Å². The molecule has 2 heterocycles. The Bertz CT molecular complexity index is 1060. The van der Waals surface area contributed by atoms with E-state index in [-0.39, 0.29) is 17.5 Å². The van der Waals surface area contributed by atoms with Crippen LogP contribution in [0.25, 0.3) is 5.57 Å². The predicted molar refractivity (Wildman–Crippen MR) is 123 cm³/mol. The standard InChI is InChI=1S/C25H29N3O4/c1-17-7-6-9-20(18(17)2)26-23-22(19-8-4-5-10-21(19)31-3)24(29)28(25(23)30)12-11-27-13-15-32-16-14-27/h4-10,26H,11-16H2,1-3H3. The molecule has 4 rings (SSSR count). The smallest absolute Gasteiger partial charge is 0.278 e. The number of carbonyl (C=O) groups excluding carboxylic acids is 2. The van der Waals surface area contributed by atoms with Crippen molar-refractivity contribution in [3.05, 3.63) is 64.9 Å². The number of aryl methyl sites for hydroxylation is 1. The highest BCUT2D eigenvalue weighted by atomic mass is 16.5. The molecule has 0 radical (unpaired) electrons. The SMILES string of the molecule is COc1ccccc1C1=C(Nc2cccc(C)c2C)C(=O)N(CCN2CCOCC2)C1=O. The van der Waals surface area contributed by atoms with E-state index < -0.39 is 0 Å². The van der Waals surface area contributed by atoms with Gasteiger partial charge < -0.3 is 14.8 Å². The molecule has 7 heteroatoms. The maximum Gasteiger partial charge on any atom is 0.278 e. The Labute approximate surface area is 188 Å². The van der Waals surface area contributed by atoms with Gasteiger partial charge in [0, 0.05) is 37.4 Å². The zero-order chi connectivity index (χ0) is 22.7. The molecule has 1 N–H and O–H groups in total. The van der Waals surface area contributed by atoms with Crippen molar-refractivity contribution in [2.75, 3.05) is 51.8 Å². The van der Waals surface area contributed by atoms with Gasteiger partial charge in [-0.25, -0.2) is 0 Å². The van der Waals surface area contributed by atoms with Crippen LogP contribution in [0.3, 0.4) is 0 Å². The van der Waals surface area contributed by atoms with Gasteiger partial charge in [0.1, 0.15) is 11.4 Å². The second-order valence-corrected chi connectivity index (χ2v) is 8.04. The second-order valence-electron chi connectivity index (χ2n) is 8.04. The molecule has 2 aromatic rings. The van der Waals surface area contributed by atoms with Crippen molar-refractivity contribution in [2.24, 2.45) is 0 Å². The summed E-state index contributed by atoms with van der Waals surface area (Å²) in [6.45, 7) is 7.92. The minimum absolute atomic E-state index is 0.287. The maximum absolute atomic E-state index is 13.5. The van der Waals surface area contributed by atoms with Crippen molar-refractivity contribution in [1.82, 2.24) is 9.80 Å². The molecule has 0 spiro atoms. The molecule has 2 aliphatic heterocycles. The second kappa shape index (κ2) is 9.54. The lowest BCUT2D eigenvalue weighted by Gasteiger charge is -2.28. The number of ether oxygens (including phenoxy) is 2. The Morgan fingerprint density at radius 2 is 1.72 bits per heavy atom. The van der Waals surface area contributed by atoms with E-state index in [0.717, 1.165) is 29.9 Å². The number of para-hydroxylation sites is 1. The molecule has 0 atom stereocenters. The molecule has 0 bridgehead atoms. The summed E-state index contributed by atoms with van der Waals surface area (Å²) in [4.78, 5) is 30.5. The van der Waals surface area contributed by atoms with E-state index in [2.05, 4.69) is 10.2 Å². The number of rotatable bonds is 7. The molecule has 0 aliphatic carbocycles. The van der Waals surface area contributed by atoms with Gasteiger partial charge in [0.25, 0.3) is 11.8 Å². The molecular weight excluding hydrogens is 406 g/mol. The van der Waals surface area contributed by atoms with Gasteiger partial charge >= 0.3 is 0 Å². The highest BCUT2D eigenvalue weighted by Crippen LogP contribution is 2.35. The number of hydrogen-bond donors (Lipinski definition) is 1. The Morgan fingerprint density at radius 1 is 0.969 bits per heavy atom. The van der Waals surface area contributed by atoms with Crippen LogP contribution in [0.2, 0.25) is 0 Å². The first-order valence-electron chi connectivity index (χ1n) is 10.9. The lowest BCUT2D eigenvalue weighted by atomic mass is 10.0. The Morgan fingerprint density at radius 3 is 2.47 bits per heavy atom. The van der Waals surface area contributed by atoms with Gasteiger partial charge in [-0.15, -0.1) is 0 Å². The van der Waals surface area contributed by atoms with Crippen molar-refractivity contribution >= 4 is 23.1 Å². The molecule has 32 heavy (non-hydrogen) atoms. The van der Waals surface area contributed by atoms with Crippen molar-refractivity contribution in [2.45, 2.75) is 13.8 Å². The molecule has 2 aliphatic rings. The molecule has 1 fully saturated rings. The van der Waals surface area contributed by atoms with Crippen LogP contribution in [0.5, 0.6) is 5.75 Å². The molecule has 2 aromatic carbocycles. The number of hydrogen-bond acceptors (Lipinski definition) is 6. The topological polar surface area (TPSA) is 71.1 Å². The number of amides is 2. The first kappa shape index (κ1) is 22.0. The summed E-state index contributed by atoms with van der Waals surface area (Å²) in [7, 11) is 1.56. The Balaban J connectivity index is 1.69. The van der Waals surface area contributed by atoms with Crippen LogP contribution in [0.4, 0.5) is 5.69 Å². The number of nitrogens with one attached hydrogen (secondary N) is 1. The third-order valence-electron chi connectivity index (χ3n) is 6.15. The fourth-order valence-corrected chi connectivity index (χ4v) is 4.08. The number of anilines is 1. The summed E-state index contributed by atoms with van der Waals surface area (Å²) in [5.74, 6) is -0.0652. The van der Waals surface area contributed by atoms with E-state index in [1.807, 2.05) is 50.2 Å². The number of benzene rings is 2. The van der Waals surface area contributed by atoms with Gasteiger partial charge in [0.05, 0.1) is 25.9 Å². The summed E-state index contributed by atoms with van der Waals surface area (Å²) >= 11 is 0. The molecule has 168 valence electrons. The fraction of sp³-hybridized carbons (Fsp3) is 0.360. The highest BCUT2D eigenvalue weighted by molar-refractivity contribution is 6.37. The van der Waals surface area contributed by atoms with Gasteiger partial charge in [-0.2, -0.15) is 0 Å². The zero-order valence-corrected chi connectivity index (χ0v) is 18.8. The van der Waals surface area contributed by atoms with Gasteiger partial charge in [-0.05, 0) is 37.1 Å². The number of nitrogens with zero attached hydrogens (tertiary/aromatic N) is 2. The van der Waals surface area contributed by atoms with Crippen LogP contribution in [0.15, 0.2) is 48.2 Å². The van der Waals surface area contributed by atoms with Crippen LogP contribution in [-0.2, 0) is 14.3 Å². The van der Waals surface area contributed by atoms with Crippen LogP contribution < -0.4 is 10.1 Å². The summed E-state index contributed by atoms with van der Waals surface area (Å²) in [5.41, 5.74) is 4.19. The zero-order valence-electron chi connectivity index (χ0n) is 18.8. The van der Waals surface area contributed by atoms with Crippen molar-refractivity contribution in [3.8, 4) is 5.75 Å². The number of morpholine rings is 1. The van der Waals surface area contributed by atoms with Crippen LogP contribution in [-0.4, -0.2) is 68.1 Å². The summed E-state index contributed by atoms with van der Waals surface area (Å²) < 4.78 is 10.9. The molecular formula is C25H29N3O4. The number of imide groups is 1. The highest BCUT2D eigenvalue weighted by Gasteiger charge is 2.40. The summed E-state index contributed by atoms with van der Waals surface area (Å²) in [6, 6.07) is 13.2. The molecule has 0 aromatic heterocycles. The Hall–Kier alpha value is -3.16. The minimum Gasteiger partial charge on any atom is -0.496 e. The number of methoxy groups -OCH3 is 1. The van der Waals surface area contributed by atoms with Crippen molar-refractivity contribution in [1.29, 1.82) is 0 Å². The Kier molecular flexibility index (Phi) is 6.58. The fourth-order valence-electron chi connectivity index (χ4n) is 4.08. The normalized spacial score (nSPS) is 17.3. The van der Waals surface area contributed by atoms with Gasteiger partial charge in [-0.1, -0.05) is 30.3 Å². The third kappa shape index (κ3) is 4.26. The first-order chi connectivity index (χ1) is 15.5. The summed E-state index contributed by atoms with van der Waals surface area (Å²) in [6.07, 6.45) is 0. The molecule has 7 nitrogen and oxygen atoms in total. The van der Waals surface area contributed by atoms with Crippen molar-refractivity contribution < 1.29 is 19.1 Å². The van der Waals surface area contributed by atoms with E-state index in [1.165, 1.54) is 4.90 Å².